The first-order valence-corrected chi connectivity index (χ1v) is 8.95. The van der Waals surface area contributed by atoms with E-state index in [2.05, 4.69) is 9.98 Å². The van der Waals surface area contributed by atoms with Crippen LogP contribution in [-0.2, 0) is 16.2 Å². The number of rotatable bonds is 5. The van der Waals surface area contributed by atoms with E-state index in [4.69, 9.17) is 15.3 Å². The van der Waals surface area contributed by atoms with E-state index in [0.29, 0.717) is 18.1 Å². The average molecular weight is 389 g/mol. The van der Waals surface area contributed by atoms with Crippen LogP contribution in [0.15, 0.2) is 35.6 Å². The van der Waals surface area contributed by atoms with Crippen molar-refractivity contribution < 1.29 is 24.9 Å². The molecule has 0 radical (unpaired) electrons. The van der Waals surface area contributed by atoms with Crippen LogP contribution in [0.25, 0.3) is 0 Å². The molecule has 0 saturated carbocycles. The lowest BCUT2D eigenvalue weighted by Gasteiger charge is -2.28. The van der Waals surface area contributed by atoms with Gasteiger partial charge in [0, 0.05) is 0 Å². The van der Waals surface area contributed by atoms with Crippen molar-refractivity contribution in [3.63, 3.8) is 0 Å². The standard InChI is InChI=1S/C18H23N5O5/c1-10-3-2-4-11(5-10)7-27-23-9-21-17-13(16(23)19)20-8-22(17)18-15(26)14(25)12(6-24)28-18/h2-5,8-9,12,14-16,18,24-26H,6-7,19H2,1H3/t12-,14?,15?,16?,18-/m1/s1. The van der Waals surface area contributed by atoms with Gasteiger partial charge in [0.2, 0.25) is 0 Å². The molecular weight excluding hydrogens is 366 g/mol. The van der Waals surface area contributed by atoms with Crippen molar-refractivity contribution in [2.24, 2.45) is 10.7 Å². The number of nitrogens with two attached hydrogens (primary N) is 1. The third-order valence-electron chi connectivity index (χ3n) is 4.90. The molecule has 0 amide bonds. The molecular formula is C18H23N5O5. The van der Waals surface area contributed by atoms with E-state index in [1.165, 1.54) is 22.3 Å². The first kappa shape index (κ1) is 19.0. The van der Waals surface area contributed by atoms with Crippen LogP contribution in [0.3, 0.4) is 0 Å². The minimum atomic E-state index is -1.22. The lowest BCUT2D eigenvalue weighted by atomic mass is 10.1. The van der Waals surface area contributed by atoms with Gasteiger partial charge in [0.15, 0.2) is 18.2 Å². The molecule has 0 aliphatic carbocycles. The summed E-state index contributed by atoms with van der Waals surface area (Å²) in [6.07, 6.45) is -2.05. The van der Waals surface area contributed by atoms with Gasteiger partial charge in [0.25, 0.3) is 0 Å². The lowest BCUT2D eigenvalue weighted by Crippen LogP contribution is -2.36. The monoisotopic (exact) mass is 389 g/mol. The molecule has 2 aliphatic rings. The molecule has 10 heteroatoms. The Balaban J connectivity index is 1.50. The molecule has 150 valence electrons. The summed E-state index contributed by atoms with van der Waals surface area (Å²) in [6, 6.07) is 7.95. The Hall–Kier alpha value is -2.34. The fourth-order valence-electron chi connectivity index (χ4n) is 3.38. The lowest BCUT2D eigenvalue weighted by molar-refractivity contribution is -0.136. The van der Waals surface area contributed by atoms with Crippen LogP contribution in [0.1, 0.15) is 29.2 Å². The van der Waals surface area contributed by atoms with Gasteiger partial charge in [-0.2, -0.15) is 0 Å². The van der Waals surface area contributed by atoms with Crippen LogP contribution in [0.5, 0.6) is 0 Å². The number of aliphatic imine (C=N–C) groups is 1. The third-order valence-corrected chi connectivity index (χ3v) is 4.90. The van der Waals surface area contributed by atoms with Crippen molar-refractivity contribution in [2.45, 2.75) is 44.2 Å². The molecule has 0 spiro atoms. The molecule has 2 aromatic rings. The number of hydrogen-bond acceptors (Lipinski definition) is 9. The first-order valence-electron chi connectivity index (χ1n) is 8.95. The summed E-state index contributed by atoms with van der Waals surface area (Å²) in [5.74, 6) is 0.401. The minimum absolute atomic E-state index is 0.326. The Bertz CT molecular complexity index is 872. The van der Waals surface area contributed by atoms with Gasteiger partial charge in [-0.1, -0.05) is 29.8 Å². The van der Waals surface area contributed by atoms with Crippen LogP contribution in [0.2, 0.25) is 0 Å². The largest absolute Gasteiger partial charge is 0.394 e. The van der Waals surface area contributed by atoms with Crippen molar-refractivity contribution in [3.05, 3.63) is 47.4 Å². The number of aliphatic hydroxyl groups excluding tert-OH is 3. The summed E-state index contributed by atoms with van der Waals surface area (Å²) < 4.78 is 7.03. The number of imidazole rings is 1. The zero-order valence-corrected chi connectivity index (χ0v) is 15.3. The second-order valence-corrected chi connectivity index (χ2v) is 6.90. The van der Waals surface area contributed by atoms with Crippen LogP contribution < -0.4 is 5.73 Å². The number of hydrogen-bond donors (Lipinski definition) is 4. The fourth-order valence-corrected chi connectivity index (χ4v) is 3.38. The Morgan fingerprint density at radius 2 is 2.11 bits per heavy atom. The number of aliphatic hydroxyl groups is 3. The molecule has 1 fully saturated rings. The number of ether oxygens (including phenoxy) is 1. The van der Waals surface area contributed by atoms with Crippen molar-refractivity contribution in [2.75, 3.05) is 6.61 Å². The Labute approximate surface area is 161 Å². The predicted molar refractivity (Wildman–Crippen MR) is 98.1 cm³/mol. The average Bonchev–Trinajstić information content (AvgIpc) is 3.23. The Morgan fingerprint density at radius 1 is 1.29 bits per heavy atom. The number of aryl methyl sites for hydroxylation is 1. The molecule has 10 nitrogen and oxygen atoms in total. The highest BCUT2D eigenvalue weighted by Gasteiger charge is 2.44. The van der Waals surface area contributed by atoms with Crippen LogP contribution in [0.4, 0.5) is 5.82 Å². The first-order chi connectivity index (χ1) is 13.5. The molecule has 28 heavy (non-hydrogen) atoms. The number of fused-ring (bicyclic) bond motifs is 1. The molecule has 0 bridgehead atoms. The normalized spacial score (nSPS) is 29.3. The predicted octanol–water partition coefficient (Wildman–Crippen LogP) is -0.132. The third kappa shape index (κ3) is 3.30. The second-order valence-electron chi connectivity index (χ2n) is 6.90. The summed E-state index contributed by atoms with van der Waals surface area (Å²) in [7, 11) is 0. The topological polar surface area (TPSA) is 139 Å². The molecule has 3 unspecified atom stereocenters. The van der Waals surface area contributed by atoms with Crippen molar-refractivity contribution in [1.29, 1.82) is 0 Å². The Kier molecular flexibility index (Phi) is 5.15. The van der Waals surface area contributed by atoms with Crippen molar-refractivity contribution in [1.82, 2.24) is 14.6 Å². The maximum Gasteiger partial charge on any atom is 0.165 e. The van der Waals surface area contributed by atoms with Gasteiger partial charge in [-0.15, -0.1) is 0 Å². The zero-order chi connectivity index (χ0) is 19.8. The van der Waals surface area contributed by atoms with E-state index in [9.17, 15) is 15.3 Å². The number of aromatic nitrogens is 2. The molecule has 5 N–H and O–H groups in total. The highest BCUT2D eigenvalue weighted by Crippen LogP contribution is 2.37. The number of nitrogens with zero attached hydrogens (tertiary/aromatic N) is 4. The molecule has 4 rings (SSSR count). The SMILES string of the molecule is Cc1cccc(CON2C=Nc3c(ncn3[C@@H]3O[C@H](CO)C(O)C3O)C2N)c1. The van der Waals surface area contributed by atoms with Gasteiger partial charge < -0.3 is 25.8 Å². The van der Waals surface area contributed by atoms with Crippen LogP contribution in [0, 0.1) is 6.92 Å². The van der Waals surface area contributed by atoms with Gasteiger partial charge in [0.05, 0.1) is 12.9 Å². The second kappa shape index (κ2) is 7.59. The Morgan fingerprint density at radius 3 is 2.82 bits per heavy atom. The van der Waals surface area contributed by atoms with Gasteiger partial charge in [-0.25, -0.2) is 15.0 Å². The van der Waals surface area contributed by atoms with Crippen molar-refractivity contribution >= 4 is 12.2 Å². The maximum absolute atomic E-state index is 10.2. The summed E-state index contributed by atoms with van der Waals surface area (Å²) >= 11 is 0. The number of hydroxylamine groups is 2. The molecule has 1 aromatic carbocycles. The van der Waals surface area contributed by atoms with E-state index >= 15 is 0 Å². The van der Waals surface area contributed by atoms with E-state index in [0.717, 1.165) is 11.1 Å². The van der Waals surface area contributed by atoms with E-state index in [1.807, 2.05) is 31.2 Å². The van der Waals surface area contributed by atoms with Gasteiger partial charge in [0.1, 0.15) is 37.0 Å². The van der Waals surface area contributed by atoms with Gasteiger partial charge >= 0.3 is 0 Å². The molecule has 1 aromatic heterocycles. The fraction of sp³-hybridized carbons (Fsp3) is 0.444. The smallest absolute Gasteiger partial charge is 0.165 e. The van der Waals surface area contributed by atoms with Gasteiger partial charge in [-0.05, 0) is 12.5 Å². The summed E-state index contributed by atoms with van der Waals surface area (Å²) in [4.78, 5) is 14.4. The van der Waals surface area contributed by atoms with Gasteiger partial charge in [-0.3, -0.25) is 9.40 Å². The highest BCUT2D eigenvalue weighted by molar-refractivity contribution is 5.64. The molecule has 2 aliphatic heterocycles. The summed E-state index contributed by atoms with van der Waals surface area (Å²) in [5.41, 5.74) is 8.84. The highest BCUT2D eigenvalue weighted by atomic mass is 16.7. The summed E-state index contributed by atoms with van der Waals surface area (Å²) in [5, 5.41) is 30.9. The maximum atomic E-state index is 10.2. The molecule has 3 heterocycles. The van der Waals surface area contributed by atoms with E-state index in [1.54, 1.807) is 0 Å². The van der Waals surface area contributed by atoms with E-state index in [-0.39, 0.29) is 0 Å². The zero-order valence-electron chi connectivity index (χ0n) is 15.3. The summed E-state index contributed by atoms with van der Waals surface area (Å²) in [6.45, 7) is 1.93. The number of benzene rings is 1. The van der Waals surface area contributed by atoms with Crippen LogP contribution >= 0.6 is 0 Å². The van der Waals surface area contributed by atoms with E-state index < -0.39 is 37.3 Å². The molecule has 1 saturated heterocycles. The molecule has 5 atom stereocenters. The van der Waals surface area contributed by atoms with Crippen LogP contribution in [-0.4, -0.2) is 61.2 Å². The minimum Gasteiger partial charge on any atom is -0.394 e. The quantitative estimate of drug-likeness (QED) is 0.555. The van der Waals surface area contributed by atoms with Crippen molar-refractivity contribution in [3.8, 4) is 0 Å².